The van der Waals surface area contributed by atoms with Gasteiger partial charge in [-0.05, 0) is 18.6 Å². The van der Waals surface area contributed by atoms with Crippen LogP contribution in [0.2, 0.25) is 15.3 Å². The van der Waals surface area contributed by atoms with Crippen LogP contribution in [0.4, 0.5) is 5.69 Å². The van der Waals surface area contributed by atoms with Crippen LogP contribution in [0, 0.1) is 0 Å². The molecule has 0 spiro atoms. The molecule has 2 aromatic rings. The molecule has 1 aromatic carbocycles. The summed E-state index contributed by atoms with van der Waals surface area (Å²) in [5.41, 5.74) is 1.60. The molecular weight excluding hydrogens is 293 g/mol. The molecule has 1 heterocycles. The highest BCUT2D eigenvalue weighted by atomic mass is 35.5. The van der Waals surface area contributed by atoms with Crippen molar-refractivity contribution in [3.05, 3.63) is 51.2 Å². The summed E-state index contributed by atoms with van der Waals surface area (Å²) in [5.74, 6) is 0. The Labute approximate surface area is 120 Å². The highest BCUT2D eigenvalue weighted by Gasteiger charge is 2.12. The van der Waals surface area contributed by atoms with Crippen molar-refractivity contribution in [3.8, 4) is 0 Å². The van der Waals surface area contributed by atoms with Crippen LogP contribution in [0.15, 0.2) is 30.3 Å². The van der Waals surface area contributed by atoms with E-state index in [0.29, 0.717) is 10.7 Å². The van der Waals surface area contributed by atoms with Gasteiger partial charge in [-0.1, -0.05) is 53.0 Å². The minimum atomic E-state index is -0.0172. The van der Waals surface area contributed by atoms with E-state index in [4.69, 9.17) is 34.8 Å². The van der Waals surface area contributed by atoms with Crippen molar-refractivity contribution in [2.24, 2.45) is 0 Å². The van der Waals surface area contributed by atoms with E-state index >= 15 is 0 Å². The molecule has 0 aliphatic heterocycles. The molecule has 6 heteroatoms. The van der Waals surface area contributed by atoms with Gasteiger partial charge in [0.15, 0.2) is 10.3 Å². The second-order valence-corrected chi connectivity index (χ2v) is 4.91. The van der Waals surface area contributed by atoms with Crippen LogP contribution in [-0.4, -0.2) is 10.2 Å². The average Bonchev–Trinajstić information content (AvgIpc) is 2.34. The number of nitrogens with zero attached hydrogens (tertiary/aromatic N) is 2. The number of hydrogen-bond donors (Lipinski definition) is 1. The first kappa shape index (κ1) is 13.4. The Kier molecular flexibility index (Phi) is 4.27. The Morgan fingerprint density at radius 3 is 2.56 bits per heavy atom. The molecule has 0 fully saturated rings. The van der Waals surface area contributed by atoms with E-state index in [2.05, 4.69) is 15.5 Å². The molecule has 0 amide bonds. The van der Waals surface area contributed by atoms with Crippen LogP contribution < -0.4 is 5.32 Å². The summed E-state index contributed by atoms with van der Waals surface area (Å²) in [6.45, 7) is 1.98. The molecule has 0 aliphatic rings. The first-order valence-electron chi connectivity index (χ1n) is 5.27. The predicted molar refractivity (Wildman–Crippen MR) is 75.5 cm³/mol. The van der Waals surface area contributed by atoms with Crippen LogP contribution in [0.1, 0.15) is 18.5 Å². The summed E-state index contributed by atoms with van der Waals surface area (Å²) in [6, 6.07) is 9.22. The third kappa shape index (κ3) is 3.05. The normalized spacial score (nSPS) is 12.2. The first-order valence-corrected chi connectivity index (χ1v) is 6.41. The van der Waals surface area contributed by atoms with Gasteiger partial charge in [-0.2, -0.15) is 0 Å². The largest absolute Gasteiger partial charge is 0.376 e. The molecule has 1 atom stereocenters. The quantitative estimate of drug-likeness (QED) is 0.899. The SMILES string of the molecule is CC(Nc1cc(Cl)nnc1Cl)c1ccccc1Cl. The van der Waals surface area contributed by atoms with E-state index < -0.39 is 0 Å². The Morgan fingerprint density at radius 1 is 1.11 bits per heavy atom. The number of anilines is 1. The fourth-order valence-corrected chi connectivity index (χ4v) is 2.18. The van der Waals surface area contributed by atoms with E-state index in [1.165, 1.54) is 0 Å². The van der Waals surface area contributed by atoms with E-state index in [1.54, 1.807) is 6.07 Å². The Morgan fingerprint density at radius 2 is 1.83 bits per heavy atom. The number of nitrogens with one attached hydrogen (secondary N) is 1. The molecule has 0 aliphatic carbocycles. The highest BCUT2D eigenvalue weighted by Crippen LogP contribution is 2.28. The number of benzene rings is 1. The van der Waals surface area contributed by atoms with Gasteiger partial charge < -0.3 is 5.32 Å². The van der Waals surface area contributed by atoms with Gasteiger partial charge in [0.25, 0.3) is 0 Å². The number of hydrogen-bond acceptors (Lipinski definition) is 3. The molecule has 3 nitrogen and oxygen atoms in total. The first-order chi connectivity index (χ1) is 8.58. The molecule has 2 rings (SSSR count). The molecule has 1 unspecified atom stereocenters. The fourth-order valence-electron chi connectivity index (χ4n) is 1.59. The van der Waals surface area contributed by atoms with Gasteiger partial charge in [-0.15, -0.1) is 10.2 Å². The lowest BCUT2D eigenvalue weighted by atomic mass is 10.1. The van der Waals surface area contributed by atoms with Crippen molar-refractivity contribution in [2.75, 3.05) is 5.32 Å². The maximum Gasteiger partial charge on any atom is 0.174 e. The molecule has 94 valence electrons. The second kappa shape index (κ2) is 5.74. The smallest absolute Gasteiger partial charge is 0.174 e. The standard InChI is InChI=1S/C12H10Cl3N3/c1-7(8-4-2-3-5-9(8)13)16-10-6-11(14)17-18-12(10)15/h2-7H,1H3,(H,16,17). The fraction of sp³-hybridized carbons (Fsp3) is 0.167. The summed E-state index contributed by atoms with van der Waals surface area (Å²) >= 11 is 17.8. The van der Waals surface area contributed by atoms with Gasteiger partial charge in [0.1, 0.15) is 0 Å². The van der Waals surface area contributed by atoms with Crippen LogP contribution in [-0.2, 0) is 0 Å². The van der Waals surface area contributed by atoms with Gasteiger partial charge in [-0.3, -0.25) is 0 Å². The Hall–Kier alpha value is -1.03. The molecule has 1 N–H and O–H groups in total. The van der Waals surface area contributed by atoms with Crippen molar-refractivity contribution < 1.29 is 0 Å². The molecule has 0 radical (unpaired) electrons. The van der Waals surface area contributed by atoms with Crippen LogP contribution in [0.5, 0.6) is 0 Å². The molecule has 0 saturated heterocycles. The number of aromatic nitrogens is 2. The molecule has 1 aromatic heterocycles. The van der Waals surface area contributed by atoms with Gasteiger partial charge in [0, 0.05) is 11.1 Å². The van der Waals surface area contributed by atoms with Gasteiger partial charge in [-0.25, -0.2) is 0 Å². The summed E-state index contributed by atoms with van der Waals surface area (Å²) in [5, 5.41) is 11.9. The van der Waals surface area contributed by atoms with Crippen molar-refractivity contribution in [3.63, 3.8) is 0 Å². The second-order valence-electron chi connectivity index (χ2n) is 3.76. The van der Waals surface area contributed by atoms with E-state index in [0.717, 1.165) is 5.56 Å². The van der Waals surface area contributed by atoms with Gasteiger partial charge >= 0.3 is 0 Å². The van der Waals surface area contributed by atoms with Crippen LogP contribution in [0.25, 0.3) is 0 Å². The summed E-state index contributed by atoms with van der Waals surface area (Å²) in [7, 11) is 0. The number of halogens is 3. The minimum absolute atomic E-state index is 0.0172. The van der Waals surface area contributed by atoms with Crippen molar-refractivity contribution >= 4 is 40.5 Å². The summed E-state index contributed by atoms with van der Waals surface area (Å²) in [4.78, 5) is 0. The average molecular weight is 303 g/mol. The predicted octanol–water partition coefficient (Wildman–Crippen LogP) is 4.61. The van der Waals surface area contributed by atoms with Crippen molar-refractivity contribution in [2.45, 2.75) is 13.0 Å². The van der Waals surface area contributed by atoms with Crippen LogP contribution in [0.3, 0.4) is 0 Å². The van der Waals surface area contributed by atoms with Gasteiger partial charge in [0.2, 0.25) is 0 Å². The minimum Gasteiger partial charge on any atom is -0.376 e. The molecule has 0 bridgehead atoms. The third-order valence-corrected chi connectivity index (χ3v) is 3.27. The number of rotatable bonds is 3. The lowest BCUT2D eigenvalue weighted by Crippen LogP contribution is -2.08. The maximum atomic E-state index is 6.13. The lowest BCUT2D eigenvalue weighted by molar-refractivity contribution is 0.878. The Bertz CT molecular complexity index is 560. The van der Waals surface area contributed by atoms with Crippen molar-refractivity contribution in [1.82, 2.24) is 10.2 Å². The van der Waals surface area contributed by atoms with Gasteiger partial charge in [0.05, 0.1) is 11.7 Å². The highest BCUT2D eigenvalue weighted by molar-refractivity contribution is 6.33. The van der Waals surface area contributed by atoms with E-state index in [1.807, 2.05) is 31.2 Å². The lowest BCUT2D eigenvalue weighted by Gasteiger charge is -2.17. The zero-order valence-electron chi connectivity index (χ0n) is 9.49. The topological polar surface area (TPSA) is 37.8 Å². The summed E-state index contributed by atoms with van der Waals surface area (Å²) < 4.78 is 0. The zero-order valence-corrected chi connectivity index (χ0v) is 11.8. The van der Waals surface area contributed by atoms with Crippen molar-refractivity contribution in [1.29, 1.82) is 0 Å². The molecular formula is C12H10Cl3N3. The summed E-state index contributed by atoms with van der Waals surface area (Å²) in [6.07, 6.45) is 0. The monoisotopic (exact) mass is 301 g/mol. The molecule has 0 saturated carbocycles. The maximum absolute atomic E-state index is 6.13. The van der Waals surface area contributed by atoms with E-state index in [9.17, 15) is 0 Å². The Balaban J connectivity index is 2.24. The third-order valence-electron chi connectivity index (χ3n) is 2.46. The van der Waals surface area contributed by atoms with Crippen LogP contribution >= 0.6 is 34.8 Å². The van der Waals surface area contributed by atoms with E-state index in [-0.39, 0.29) is 16.3 Å². The molecule has 18 heavy (non-hydrogen) atoms. The zero-order chi connectivity index (χ0) is 13.1.